The first-order valence-corrected chi connectivity index (χ1v) is 15.1. The summed E-state index contributed by atoms with van der Waals surface area (Å²) in [6.45, 7) is 9.63. The largest absolute Gasteiger partial charge is 0.478 e. The molecule has 0 aliphatic carbocycles. The third-order valence-electron chi connectivity index (χ3n) is 7.09. The van der Waals surface area contributed by atoms with E-state index in [0.717, 1.165) is 44.5 Å². The smallest absolute Gasteiger partial charge is 0.328 e. The number of nitrogens with zero attached hydrogens (tertiary/aromatic N) is 1. The average molecular weight is 592 g/mol. The number of carbonyl (C=O) groups is 3. The van der Waals surface area contributed by atoms with Gasteiger partial charge in [-0.2, -0.15) is 0 Å². The zero-order valence-corrected chi connectivity index (χ0v) is 25.4. The molecule has 0 spiro atoms. The molecule has 7 nitrogen and oxygen atoms in total. The minimum absolute atomic E-state index is 0.0139. The number of ketones is 1. The number of thiophene rings is 1. The van der Waals surface area contributed by atoms with Crippen LogP contribution in [0.25, 0.3) is 0 Å². The lowest BCUT2D eigenvalue weighted by Crippen LogP contribution is -2.38. The highest BCUT2D eigenvalue weighted by Crippen LogP contribution is 2.32. The van der Waals surface area contributed by atoms with Crippen LogP contribution in [0.3, 0.4) is 0 Å². The lowest BCUT2D eigenvalue weighted by molar-refractivity contribution is -0.134. The average Bonchev–Trinajstić information content (AvgIpc) is 3.51. The summed E-state index contributed by atoms with van der Waals surface area (Å²) >= 11 is 1.76. The molecule has 1 atom stereocenters. The fourth-order valence-electron chi connectivity index (χ4n) is 4.75. The van der Waals surface area contributed by atoms with Gasteiger partial charge in [-0.3, -0.25) is 4.79 Å². The van der Waals surface area contributed by atoms with Crippen molar-refractivity contribution in [2.45, 2.75) is 64.1 Å². The number of rotatable bonds is 11. The number of carboxylic acid groups (broad SMARTS) is 2. The van der Waals surface area contributed by atoms with Gasteiger partial charge in [-0.05, 0) is 53.8 Å². The zero-order valence-electron chi connectivity index (χ0n) is 24.6. The fraction of sp³-hybridized carbons (Fsp3) is 0.382. The van der Waals surface area contributed by atoms with Gasteiger partial charge in [0.15, 0.2) is 5.78 Å². The van der Waals surface area contributed by atoms with Crippen LogP contribution in [0.1, 0.15) is 78.9 Å². The minimum Gasteiger partial charge on any atom is -0.478 e. The fourth-order valence-corrected chi connectivity index (χ4v) is 5.53. The summed E-state index contributed by atoms with van der Waals surface area (Å²) in [6, 6.07) is 23.0. The number of piperidine rings is 1. The third-order valence-corrected chi connectivity index (χ3v) is 8.00. The van der Waals surface area contributed by atoms with Crippen LogP contribution >= 0.6 is 11.3 Å². The number of aliphatic carboxylic acids is 2. The molecule has 8 heteroatoms. The van der Waals surface area contributed by atoms with E-state index in [-0.39, 0.29) is 23.4 Å². The highest BCUT2D eigenvalue weighted by Gasteiger charge is 2.25. The van der Waals surface area contributed by atoms with Crippen LogP contribution in [0.2, 0.25) is 0 Å². The summed E-state index contributed by atoms with van der Waals surface area (Å²) in [5.74, 6) is -2.26. The van der Waals surface area contributed by atoms with Gasteiger partial charge in [-0.1, -0.05) is 81.4 Å². The Hall–Kier alpha value is -3.59. The number of carboxylic acids is 2. The molecule has 224 valence electrons. The normalized spacial score (nSPS) is 15.1. The maximum absolute atomic E-state index is 12.6. The van der Waals surface area contributed by atoms with E-state index in [1.54, 1.807) is 11.3 Å². The van der Waals surface area contributed by atoms with Crippen molar-refractivity contribution in [1.29, 1.82) is 0 Å². The van der Waals surface area contributed by atoms with Crippen LogP contribution in [-0.4, -0.2) is 58.6 Å². The van der Waals surface area contributed by atoms with E-state index in [2.05, 4.69) is 85.6 Å². The van der Waals surface area contributed by atoms with Crippen LogP contribution in [0.5, 0.6) is 0 Å². The van der Waals surface area contributed by atoms with E-state index in [9.17, 15) is 14.4 Å². The van der Waals surface area contributed by atoms with Crippen LogP contribution in [0, 0.1) is 0 Å². The molecular formula is C34H41NO6S. The van der Waals surface area contributed by atoms with Gasteiger partial charge in [-0.25, -0.2) is 9.59 Å². The van der Waals surface area contributed by atoms with E-state index < -0.39 is 11.9 Å². The zero-order chi connectivity index (χ0) is 30.5. The second kappa shape index (κ2) is 16.2. The number of ether oxygens (including phenoxy) is 1. The molecule has 2 aromatic carbocycles. The van der Waals surface area contributed by atoms with Crippen molar-refractivity contribution < 1.29 is 29.3 Å². The molecule has 2 heterocycles. The van der Waals surface area contributed by atoms with E-state index in [0.29, 0.717) is 18.6 Å². The Kier molecular flexibility index (Phi) is 12.7. The topological polar surface area (TPSA) is 104 Å². The van der Waals surface area contributed by atoms with Crippen LogP contribution in [0.15, 0.2) is 84.3 Å². The highest BCUT2D eigenvalue weighted by molar-refractivity contribution is 7.10. The van der Waals surface area contributed by atoms with Gasteiger partial charge in [-0.15, -0.1) is 11.3 Å². The predicted octanol–water partition coefficient (Wildman–Crippen LogP) is 6.99. The lowest BCUT2D eigenvalue weighted by Gasteiger charge is -2.34. The predicted molar refractivity (Wildman–Crippen MR) is 166 cm³/mol. The third kappa shape index (κ3) is 11.0. The summed E-state index contributed by atoms with van der Waals surface area (Å²) in [4.78, 5) is 35.5. The van der Waals surface area contributed by atoms with E-state index in [1.807, 2.05) is 12.1 Å². The molecule has 1 unspecified atom stereocenters. The summed E-state index contributed by atoms with van der Waals surface area (Å²) in [5.41, 5.74) is 3.44. The van der Waals surface area contributed by atoms with Gasteiger partial charge in [0.25, 0.3) is 0 Å². The highest BCUT2D eigenvalue weighted by atomic mass is 32.1. The second-order valence-corrected chi connectivity index (χ2v) is 12.3. The Bertz CT molecular complexity index is 1270. The van der Waals surface area contributed by atoms with E-state index in [1.165, 1.54) is 16.0 Å². The molecule has 42 heavy (non-hydrogen) atoms. The quantitative estimate of drug-likeness (QED) is 0.183. The first kappa shape index (κ1) is 32.9. The van der Waals surface area contributed by atoms with Crippen molar-refractivity contribution in [3.63, 3.8) is 0 Å². The van der Waals surface area contributed by atoms with Crippen molar-refractivity contribution in [2.24, 2.45) is 0 Å². The Labute approximate surface area is 252 Å². The number of hydrogen-bond donors (Lipinski definition) is 2. The molecule has 3 aromatic rings. The molecule has 0 amide bonds. The van der Waals surface area contributed by atoms with Gasteiger partial charge < -0.3 is 19.8 Å². The molecule has 1 aliphatic rings. The molecule has 0 saturated carbocycles. The summed E-state index contributed by atoms with van der Waals surface area (Å²) in [7, 11) is 0. The SMILES string of the molecule is CC(C)(C)c1ccc(C(=O)CCCN2CCC(OC(c3ccccc3)c3cccs3)CC2)cc1.O=C(O)C=CC(=O)O. The summed E-state index contributed by atoms with van der Waals surface area (Å²) in [6.07, 6.45) is 5.00. The van der Waals surface area contributed by atoms with Crippen molar-refractivity contribution in [2.75, 3.05) is 19.6 Å². The minimum atomic E-state index is -1.26. The van der Waals surface area contributed by atoms with E-state index >= 15 is 0 Å². The van der Waals surface area contributed by atoms with Gasteiger partial charge in [0, 0.05) is 42.1 Å². The molecule has 1 saturated heterocycles. The number of carbonyl (C=O) groups excluding carboxylic acids is 1. The van der Waals surface area contributed by atoms with Gasteiger partial charge >= 0.3 is 11.9 Å². The molecule has 1 aromatic heterocycles. The van der Waals surface area contributed by atoms with Crippen LogP contribution < -0.4 is 0 Å². The Morgan fingerprint density at radius 3 is 2.07 bits per heavy atom. The maximum atomic E-state index is 12.6. The number of Topliss-reactive ketones (excluding diaryl/α,β-unsaturated/α-hetero) is 1. The van der Waals surface area contributed by atoms with Crippen molar-refractivity contribution in [3.05, 3.63) is 106 Å². The summed E-state index contributed by atoms with van der Waals surface area (Å²) in [5, 5.41) is 17.7. The van der Waals surface area contributed by atoms with Crippen molar-refractivity contribution >= 4 is 29.1 Å². The molecular weight excluding hydrogens is 550 g/mol. The Morgan fingerprint density at radius 1 is 0.929 bits per heavy atom. The monoisotopic (exact) mass is 591 g/mol. The van der Waals surface area contributed by atoms with Gasteiger partial charge in [0.2, 0.25) is 0 Å². The summed E-state index contributed by atoms with van der Waals surface area (Å²) < 4.78 is 6.63. The van der Waals surface area contributed by atoms with E-state index in [4.69, 9.17) is 14.9 Å². The first-order valence-electron chi connectivity index (χ1n) is 14.3. The second-order valence-electron chi connectivity index (χ2n) is 11.3. The molecule has 0 bridgehead atoms. The van der Waals surface area contributed by atoms with Crippen molar-refractivity contribution in [1.82, 2.24) is 4.90 Å². The van der Waals surface area contributed by atoms with Gasteiger partial charge in [0.05, 0.1) is 6.10 Å². The van der Waals surface area contributed by atoms with Crippen molar-refractivity contribution in [3.8, 4) is 0 Å². The number of benzene rings is 2. The first-order chi connectivity index (χ1) is 20.0. The van der Waals surface area contributed by atoms with Crippen LogP contribution in [0.4, 0.5) is 0 Å². The molecule has 2 N–H and O–H groups in total. The van der Waals surface area contributed by atoms with Gasteiger partial charge in [0.1, 0.15) is 6.10 Å². The van der Waals surface area contributed by atoms with Crippen LogP contribution in [-0.2, 0) is 19.7 Å². The number of hydrogen-bond acceptors (Lipinski definition) is 6. The molecule has 1 fully saturated rings. The Morgan fingerprint density at radius 2 is 1.55 bits per heavy atom. The Balaban J connectivity index is 0.000000531. The molecule has 1 aliphatic heterocycles. The lowest BCUT2D eigenvalue weighted by atomic mass is 9.86. The molecule has 0 radical (unpaired) electrons. The molecule has 4 rings (SSSR count). The standard InChI is InChI=1S/C30H37NO2S.C4H4O4/c1-30(2,3)25-15-13-23(14-16-25)27(32)11-7-19-31-20-17-26(18-21-31)33-29(28-12-8-22-34-28)24-9-5-4-6-10-24;5-3(6)1-2-4(7)8/h4-6,8-10,12-16,22,26,29H,7,11,17-21H2,1-3H3;1-2H,(H,5,6)(H,7,8). The maximum Gasteiger partial charge on any atom is 0.328 e. The number of likely N-dealkylation sites (tertiary alicyclic amines) is 1.